The van der Waals surface area contributed by atoms with E-state index < -0.39 is 17.8 Å². The molecule has 10 rings (SSSR count). The van der Waals surface area contributed by atoms with Gasteiger partial charge in [0, 0.05) is 94.5 Å². The van der Waals surface area contributed by atoms with Crippen molar-refractivity contribution >= 4 is 67.5 Å². The Hall–Kier alpha value is -8.18. The lowest BCUT2D eigenvalue weighted by Gasteiger charge is -2.37. The van der Waals surface area contributed by atoms with E-state index in [2.05, 4.69) is 30.3 Å². The summed E-state index contributed by atoms with van der Waals surface area (Å²) in [6, 6.07) is 45.8. The number of aromatic nitrogens is 5. The zero-order chi connectivity index (χ0) is 47.9. The van der Waals surface area contributed by atoms with E-state index >= 15 is 0 Å². The number of rotatable bonds is 9. The summed E-state index contributed by atoms with van der Waals surface area (Å²) >= 11 is 0. The van der Waals surface area contributed by atoms with Crippen molar-refractivity contribution in [1.82, 2.24) is 24.9 Å². The number of amides is 3. The van der Waals surface area contributed by atoms with Crippen LogP contribution in [0, 0.1) is 38.5 Å². The first-order chi connectivity index (χ1) is 33.4. The molecule has 0 radical (unpaired) electrons. The van der Waals surface area contributed by atoms with Crippen LogP contribution in [0.25, 0.3) is 66.4 Å². The van der Waals surface area contributed by atoms with Gasteiger partial charge < -0.3 is 14.7 Å². The smallest absolute Gasteiger partial charge is 0.229 e. The molecule has 0 spiro atoms. The molecule has 1 aliphatic carbocycles. The number of hydrogen-bond donors (Lipinski definition) is 0. The van der Waals surface area contributed by atoms with Crippen molar-refractivity contribution in [2.45, 2.75) is 40.0 Å². The van der Waals surface area contributed by atoms with E-state index in [-0.39, 0.29) is 24.1 Å². The number of aryl methyl sites for hydroxylation is 3. The standard InChI is InChI=1S/C58H52N8O3/c1-35-16-19-39-10-7-13-48(53(39)61-35)38-22-24-45(25-23-38)64(4)56(67)42-30-43(57(68)65(5)46-26-28-51(59-33-46)49-14-8-11-40-20-17-36(2)62-54(40)49)32-44(31-42)58(69)66(6)47-27-29-52(60-34-47)50-15-9-12-41-21-18-37(3)63-55(41)50/h7-29,33-34,42-44H,30-32H2,1-6H3. The second kappa shape index (κ2) is 18.5. The molecule has 11 nitrogen and oxygen atoms in total. The van der Waals surface area contributed by atoms with Crippen molar-refractivity contribution in [3.8, 4) is 33.6 Å². The quantitative estimate of drug-likeness (QED) is 0.140. The molecule has 2 unspecified atom stereocenters. The molecule has 1 fully saturated rings. The Morgan fingerprint density at radius 3 is 1.13 bits per heavy atom. The third-order valence-electron chi connectivity index (χ3n) is 13.7. The van der Waals surface area contributed by atoms with Crippen LogP contribution in [0.1, 0.15) is 36.3 Å². The lowest BCUT2D eigenvalue weighted by atomic mass is 9.73. The summed E-state index contributed by atoms with van der Waals surface area (Å²) < 4.78 is 0. The first-order valence-electron chi connectivity index (χ1n) is 23.4. The Labute approximate surface area is 401 Å². The van der Waals surface area contributed by atoms with Gasteiger partial charge in [-0.2, -0.15) is 0 Å². The second-order valence-corrected chi connectivity index (χ2v) is 18.3. The van der Waals surface area contributed by atoms with Gasteiger partial charge in [-0.15, -0.1) is 0 Å². The molecule has 1 saturated carbocycles. The fourth-order valence-electron chi connectivity index (χ4n) is 9.86. The van der Waals surface area contributed by atoms with Crippen LogP contribution in [-0.4, -0.2) is 63.8 Å². The molecule has 1 aliphatic rings. The van der Waals surface area contributed by atoms with Crippen LogP contribution in [0.5, 0.6) is 0 Å². The maximum atomic E-state index is 14.7. The number of pyridine rings is 5. The van der Waals surface area contributed by atoms with Gasteiger partial charge in [0.05, 0.1) is 51.7 Å². The highest BCUT2D eigenvalue weighted by Crippen LogP contribution is 2.39. The summed E-state index contributed by atoms with van der Waals surface area (Å²) in [5.41, 5.74) is 12.6. The molecular weight excluding hydrogens is 857 g/mol. The topological polar surface area (TPSA) is 125 Å². The first-order valence-corrected chi connectivity index (χ1v) is 23.4. The largest absolute Gasteiger partial charge is 0.315 e. The van der Waals surface area contributed by atoms with Crippen molar-refractivity contribution in [2.75, 3.05) is 35.8 Å². The molecule has 2 atom stereocenters. The lowest BCUT2D eigenvalue weighted by Crippen LogP contribution is -2.46. The third kappa shape index (κ3) is 8.79. The fourth-order valence-corrected chi connectivity index (χ4v) is 9.86. The number of fused-ring (bicyclic) bond motifs is 3. The number of carbonyl (C=O) groups excluding carboxylic acids is 3. The molecule has 5 aromatic heterocycles. The Balaban J connectivity index is 0.915. The van der Waals surface area contributed by atoms with Gasteiger partial charge in [-0.1, -0.05) is 84.9 Å². The number of carbonyl (C=O) groups is 3. The van der Waals surface area contributed by atoms with Crippen LogP contribution in [0.2, 0.25) is 0 Å². The van der Waals surface area contributed by atoms with E-state index in [9.17, 15) is 14.4 Å². The maximum absolute atomic E-state index is 14.7. The minimum atomic E-state index is -0.620. The normalized spacial score (nSPS) is 15.8. The Morgan fingerprint density at radius 1 is 0.406 bits per heavy atom. The maximum Gasteiger partial charge on any atom is 0.229 e. The highest BCUT2D eigenvalue weighted by molar-refractivity contribution is 6.01. The predicted octanol–water partition coefficient (Wildman–Crippen LogP) is 11.4. The number of anilines is 3. The molecule has 69 heavy (non-hydrogen) atoms. The first kappa shape index (κ1) is 44.6. The monoisotopic (exact) mass is 908 g/mol. The van der Waals surface area contributed by atoms with Crippen molar-refractivity contribution in [3.63, 3.8) is 0 Å². The van der Waals surface area contributed by atoms with Crippen molar-refractivity contribution in [2.24, 2.45) is 17.8 Å². The van der Waals surface area contributed by atoms with Crippen LogP contribution in [0.4, 0.5) is 17.1 Å². The van der Waals surface area contributed by atoms with Crippen LogP contribution < -0.4 is 14.7 Å². The zero-order valence-corrected chi connectivity index (χ0v) is 39.6. The van der Waals surface area contributed by atoms with Crippen LogP contribution in [0.15, 0.2) is 152 Å². The molecule has 11 heteroatoms. The van der Waals surface area contributed by atoms with Crippen LogP contribution in [-0.2, 0) is 14.4 Å². The minimum absolute atomic E-state index is 0.152. The van der Waals surface area contributed by atoms with Gasteiger partial charge >= 0.3 is 0 Å². The van der Waals surface area contributed by atoms with E-state index in [1.54, 1.807) is 48.2 Å². The molecule has 0 bridgehead atoms. The van der Waals surface area contributed by atoms with Gasteiger partial charge in [0.2, 0.25) is 17.7 Å². The summed E-state index contributed by atoms with van der Waals surface area (Å²) in [5.74, 6) is -2.36. The van der Waals surface area contributed by atoms with Crippen LogP contribution >= 0.6 is 0 Å². The van der Waals surface area contributed by atoms with Crippen molar-refractivity contribution < 1.29 is 14.4 Å². The molecule has 4 aromatic carbocycles. The summed E-state index contributed by atoms with van der Waals surface area (Å²) in [4.78, 5) is 72.9. The highest BCUT2D eigenvalue weighted by atomic mass is 16.2. The molecule has 0 aliphatic heterocycles. The molecule has 0 saturated heterocycles. The summed E-state index contributed by atoms with van der Waals surface area (Å²) in [6.07, 6.45) is 4.26. The third-order valence-corrected chi connectivity index (χ3v) is 13.7. The molecule has 9 aromatic rings. The van der Waals surface area contributed by atoms with Crippen molar-refractivity contribution in [3.05, 3.63) is 169 Å². The van der Waals surface area contributed by atoms with E-state index in [0.717, 1.165) is 83.4 Å². The zero-order valence-electron chi connectivity index (χ0n) is 39.6. The average molecular weight is 909 g/mol. The fraction of sp³-hybridized carbons (Fsp3) is 0.207. The Kier molecular flexibility index (Phi) is 12.0. The molecule has 0 N–H and O–H groups in total. The van der Waals surface area contributed by atoms with E-state index in [4.69, 9.17) is 24.9 Å². The summed E-state index contributed by atoms with van der Waals surface area (Å²) in [7, 11) is 5.23. The second-order valence-electron chi connectivity index (χ2n) is 18.3. The minimum Gasteiger partial charge on any atom is -0.315 e. The van der Waals surface area contributed by atoms with Gasteiger partial charge in [0.25, 0.3) is 0 Å². The highest BCUT2D eigenvalue weighted by Gasteiger charge is 2.42. The number of benzene rings is 4. The predicted molar refractivity (Wildman–Crippen MR) is 276 cm³/mol. The summed E-state index contributed by atoms with van der Waals surface area (Å²) in [6.45, 7) is 5.92. The number of nitrogens with zero attached hydrogens (tertiary/aromatic N) is 8. The van der Waals surface area contributed by atoms with Gasteiger partial charge in [-0.05, 0) is 100 Å². The van der Waals surface area contributed by atoms with E-state index in [1.165, 1.54) is 0 Å². The summed E-state index contributed by atoms with van der Waals surface area (Å²) in [5, 5.41) is 3.09. The molecule has 5 heterocycles. The lowest BCUT2D eigenvalue weighted by molar-refractivity contribution is -0.131. The number of para-hydroxylation sites is 3. The molecule has 3 amide bonds. The van der Waals surface area contributed by atoms with Gasteiger partial charge in [-0.3, -0.25) is 39.3 Å². The molecule has 342 valence electrons. The van der Waals surface area contributed by atoms with E-state index in [0.29, 0.717) is 29.9 Å². The van der Waals surface area contributed by atoms with Crippen molar-refractivity contribution in [1.29, 1.82) is 0 Å². The number of hydrogen-bond acceptors (Lipinski definition) is 8. The molecular formula is C58H52N8O3. The Morgan fingerprint density at radius 2 is 0.754 bits per heavy atom. The van der Waals surface area contributed by atoms with Gasteiger partial charge in [0.15, 0.2) is 0 Å². The SMILES string of the molecule is Cc1ccc2cccc(-c3ccc(N(C)C(=O)C4CC(C(=O)N(C)c5ccc(-c6cccc7ccc(C)nc67)nc5)CC(C(=O)N(C)c5ccc(-c6cccc7ccc(C)nc67)nc5)C4)cc3)c2n1. The van der Waals surface area contributed by atoms with Gasteiger partial charge in [0.1, 0.15) is 0 Å². The van der Waals surface area contributed by atoms with Gasteiger partial charge in [-0.25, -0.2) is 0 Å². The Bertz CT molecular complexity index is 3060. The van der Waals surface area contributed by atoms with Crippen LogP contribution in [0.3, 0.4) is 0 Å². The average Bonchev–Trinajstić information content (AvgIpc) is 3.39. The van der Waals surface area contributed by atoms with E-state index in [1.807, 2.05) is 130 Å².